The first kappa shape index (κ1) is 12.3. The Morgan fingerprint density at radius 1 is 1.33 bits per heavy atom. The summed E-state index contributed by atoms with van der Waals surface area (Å²) in [5.41, 5.74) is 0.608. The topological polar surface area (TPSA) is 72.2 Å². The van der Waals surface area contributed by atoms with Crippen molar-refractivity contribution in [3.63, 3.8) is 0 Å². The van der Waals surface area contributed by atoms with Crippen molar-refractivity contribution in [3.8, 4) is 0 Å². The van der Waals surface area contributed by atoms with Gasteiger partial charge < -0.3 is 4.90 Å². The number of anilines is 2. The molecule has 18 heavy (non-hydrogen) atoms. The second kappa shape index (κ2) is 4.97. The van der Waals surface area contributed by atoms with Gasteiger partial charge >= 0.3 is 5.69 Å². The summed E-state index contributed by atoms with van der Waals surface area (Å²) in [6, 6.07) is 6.93. The molecule has 0 bridgehead atoms. The molecule has 1 aromatic heterocycles. The van der Waals surface area contributed by atoms with E-state index >= 15 is 0 Å². The molecule has 0 N–H and O–H groups in total. The lowest BCUT2D eigenvalue weighted by atomic mass is 10.3. The zero-order valence-electron chi connectivity index (χ0n) is 9.45. The zero-order chi connectivity index (χ0) is 13.1. The fraction of sp³-hybridized carbons (Fsp3) is 0.0909. The van der Waals surface area contributed by atoms with E-state index in [-0.39, 0.29) is 11.5 Å². The van der Waals surface area contributed by atoms with Gasteiger partial charge in [-0.2, -0.15) is 0 Å². The molecule has 0 fully saturated rings. The lowest BCUT2D eigenvalue weighted by Crippen LogP contribution is -2.13. The minimum absolute atomic E-state index is 0.144. The second-order valence-electron chi connectivity index (χ2n) is 3.52. The van der Waals surface area contributed by atoms with E-state index in [9.17, 15) is 10.1 Å². The molecular weight excluding hydrogens is 256 g/mol. The molecule has 2 rings (SSSR count). The van der Waals surface area contributed by atoms with E-state index in [2.05, 4.69) is 9.97 Å². The molecule has 0 atom stereocenters. The summed E-state index contributed by atoms with van der Waals surface area (Å²) in [5, 5.41) is 11.5. The number of halogens is 1. The van der Waals surface area contributed by atoms with Crippen LogP contribution in [-0.2, 0) is 0 Å². The molecule has 0 radical (unpaired) electrons. The summed E-state index contributed by atoms with van der Waals surface area (Å²) in [4.78, 5) is 19.6. The van der Waals surface area contributed by atoms with E-state index in [1.165, 1.54) is 12.5 Å². The largest absolute Gasteiger partial charge is 0.330 e. The van der Waals surface area contributed by atoms with Crippen LogP contribution in [0.15, 0.2) is 36.8 Å². The van der Waals surface area contributed by atoms with Gasteiger partial charge in [0, 0.05) is 17.8 Å². The number of aromatic nitrogens is 2. The maximum atomic E-state index is 10.9. The van der Waals surface area contributed by atoms with E-state index in [1.807, 2.05) is 0 Å². The third-order valence-corrected chi connectivity index (χ3v) is 2.65. The Morgan fingerprint density at radius 2 is 2.00 bits per heavy atom. The Balaban J connectivity index is 2.42. The summed E-state index contributed by atoms with van der Waals surface area (Å²) in [7, 11) is 1.69. The molecule has 0 saturated heterocycles. The van der Waals surface area contributed by atoms with Gasteiger partial charge in [0.2, 0.25) is 5.82 Å². The van der Waals surface area contributed by atoms with E-state index in [0.29, 0.717) is 5.02 Å². The Morgan fingerprint density at radius 3 is 2.61 bits per heavy atom. The number of hydrogen-bond acceptors (Lipinski definition) is 5. The van der Waals surface area contributed by atoms with Crippen molar-refractivity contribution in [1.82, 2.24) is 9.97 Å². The number of hydrogen-bond donors (Lipinski definition) is 0. The van der Waals surface area contributed by atoms with E-state index < -0.39 is 4.92 Å². The van der Waals surface area contributed by atoms with Gasteiger partial charge in [0.1, 0.15) is 12.5 Å². The van der Waals surface area contributed by atoms with Crippen LogP contribution in [0, 0.1) is 10.1 Å². The van der Waals surface area contributed by atoms with Gasteiger partial charge in [-0.25, -0.2) is 9.97 Å². The van der Waals surface area contributed by atoms with Crippen LogP contribution in [0.4, 0.5) is 17.2 Å². The molecule has 2 aromatic rings. The van der Waals surface area contributed by atoms with Crippen molar-refractivity contribution >= 4 is 28.8 Å². The molecule has 1 aromatic carbocycles. The van der Waals surface area contributed by atoms with Gasteiger partial charge in [0.15, 0.2) is 0 Å². The molecule has 0 spiro atoms. The van der Waals surface area contributed by atoms with Gasteiger partial charge in [0.25, 0.3) is 0 Å². The second-order valence-corrected chi connectivity index (χ2v) is 3.96. The van der Waals surface area contributed by atoms with Crippen molar-refractivity contribution in [1.29, 1.82) is 0 Å². The summed E-state index contributed by atoms with van der Waals surface area (Å²) < 4.78 is 0. The first-order chi connectivity index (χ1) is 8.59. The first-order valence-corrected chi connectivity index (χ1v) is 5.41. The Bertz CT molecular complexity index is 574. The van der Waals surface area contributed by atoms with Crippen LogP contribution in [0.5, 0.6) is 0 Å². The third-order valence-electron chi connectivity index (χ3n) is 2.40. The monoisotopic (exact) mass is 264 g/mol. The van der Waals surface area contributed by atoms with Crippen LogP contribution in [0.2, 0.25) is 5.02 Å². The number of nitro groups is 1. The normalized spacial score (nSPS) is 10.1. The highest BCUT2D eigenvalue weighted by Gasteiger charge is 2.19. The van der Waals surface area contributed by atoms with Crippen molar-refractivity contribution in [2.24, 2.45) is 0 Å². The molecule has 0 aliphatic carbocycles. The summed E-state index contributed by atoms with van der Waals surface area (Å²) >= 11 is 5.79. The Kier molecular flexibility index (Phi) is 3.38. The predicted octanol–water partition coefficient (Wildman–Crippen LogP) is 2.81. The van der Waals surface area contributed by atoms with Gasteiger partial charge in [-0.05, 0) is 24.3 Å². The van der Waals surface area contributed by atoms with Crippen molar-refractivity contribution in [2.75, 3.05) is 11.9 Å². The number of benzene rings is 1. The van der Waals surface area contributed by atoms with Crippen LogP contribution >= 0.6 is 11.6 Å². The minimum atomic E-state index is -0.512. The molecule has 7 heteroatoms. The van der Waals surface area contributed by atoms with E-state index in [4.69, 9.17) is 11.6 Å². The molecule has 92 valence electrons. The molecule has 0 aliphatic heterocycles. The Hall–Kier alpha value is -2.21. The highest BCUT2D eigenvalue weighted by atomic mass is 35.5. The first-order valence-electron chi connectivity index (χ1n) is 5.03. The zero-order valence-corrected chi connectivity index (χ0v) is 10.2. The average Bonchev–Trinajstić information content (AvgIpc) is 2.39. The third kappa shape index (κ3) is 2.38. The number of rotatable bonds is 3. The SMILES string of the molecule is CN(c1ccc(Cl)cc1)c1ncncc1[N+](=O)[O-]. The average molecular weight is 265 g/mol. The highest BCUT2D eigenvalue weighted by molar-refractivity contribution is 6.30. The lowest BCUT2D eigenvalue weighted by molar-refractivity contribution is -0.384. The maximum absolute atomic E-state index is 10.9. The molecule has 6 nitrogen and oxygen atoms in total. The van der Waals surface area contributed by atoms with Gasteiger partial charge in [-0.1, -0.05) is 11.6 Å². The molecule has 0 aliphatic rings. The quantitative estimate of drug-likeness (QED) is 0.630. The predicted molar refractivity (Wildman–Crippen MR) is 68.2 cm³/mol. The van der Waals surface area contributed by atoms with Gasteiger partial charge in [-0.15, -0.1) is 0 Å². The van der Waals surface area contributed by atoms with E-state index in [1.54, 1.807) is 36.2 Å². The fourth-order valence-corrected chi connectivity index (χ4v) is 1.62. The van der Waals surface area contributed by atoms with Crippen LogP contribution in [0.1, 0.15) is 0 Å². The number of nitrogens with zero attached hydrogens (tertiary/aromatic N) is 4. The highest BCUT2D eigenvalue weighted by Crippen LogP contribution is 2.29. The summed E-state index contributed by atoms with van der Waals surface area (Å²) in [5.74, 6) is 0.234. The Labute approximate surface area is 108 Å². The van der Waals surface area contributed by atoms with Crippen LogP contribution in [0.25, 0.3) is 0 Å². The smallest absolute Gasteiger partial charge is 0.324 e. The minimum Gasteiger partial charge on any atom is -0.324 e. The van der Waals surface area contributed by atoms with Gasteiger partial charge in [-0.3, -0.25) is 10.1 Å². The lowest BCUT2D eigenvalue weighted by Gasteiger charge is -2.17. The molecule has 0 amide bonds. The summed E-state index contributed by atoms with van der Waals surface area (Å²) in [6.45, 7) is 0. The summed E-state index contributed by atoms with van der Waals surface area (Å²) in [6.07, 6.45) is 2.45. The standard InChI is InChI=1S/C11H9ClN4O2/c1-15(9-4-2-8(12)3-5-9)11-10(16(17)18)6-13-7-14-11/h2-7H,1H3. The van der Waals surface area contributed by atoms with Gasteiger partial charge in [0.05, 0.1) is 4.92 Å². The molecular formula is C11H9ClN4O2. The maximum Gasteiger partial charge on any atom is 0.330 e. The van der Waals surface area contributed by atoms with Crippen LogP contribution in [0.3, 0.4) is 0 Å². The van der Waals surface area contributed by atoms with Crippen molar-refractivity contribution in [3.05, 3.63) is 51.9 Å². The van der Waals surface area contributed by atoms with Crippen molar-refractivity contribution < 1.29 is 4.92 Å². The van der Waals surface area contributed by atoms with E-state index in [0.717, 1.165) is 5.69 Å². The van der Waals surface area contributed by atoms with Crippen molar-refractivity contribution in [2.45, 2.75) is 0 Å². The molecule has 0 saturated carbocycles. The fourth-order valence-electron chi connectivity index (χ4n) is 1.49. The molecule has 1 heterocycles. The van der Waals surface area contributed by atoms with Crippen LogP contribution in [-0.4, -0.2) is 21.9 Å². The molecule has 0 unspecified atom stereocenters. The van der Waals surface area contributed by atoms with Crippen LogP contribution < -0.4 is 4.90 Å².